The van der Waals surface area contributed by atoms with Crippen LogP contribution in [0.15, 0.2) is 42.6 Å². The van der Waals surface area contributed by atoms with E-state index in [2.05, 4.69) is 10.1 Å². The predicted molar refractivity (Wildman–Crippen MR) is 110 cm³/mol. The van der Waals surface area contributed by atoms with Gasteiger partial charge in [0, 0.05) is 37.6 Å². The zero-order chi connectivity index (χ0) is 20.7. The third-order valence-corrected chi connectivity index (χ3v) is 6.51. The topological polar surface area (TPSA) is 59.7 Å². The van der Waals surface area contributed by atoms with Crippen LogP contribution in [0, 0.1) is 12.7 Å². The summed E-state index contributed by atoms with van der Waals surface area (Å²) >= 11 is 0. The van der Waals surface area contributed by atoms with E-state index < -0.39 is 5.41 Å². The monoisotopic (exact) mass is 408 g/mol. The van der Waals surface area contributed by atoms with Gasteiger partial charge in [-0.15, -0.1) is 0 Å². The van der Waals surface area contributed by atoms with Crippen LogP contribution in [0.4, 0.5) is 4.39 Å². The molecule has 1 unspecified atom stereocenters. The number of halogens is 1. The Balaban J connectivity index is 1.57. The second-order valence-electron chi connectivity index (χ2n) is 8.26. The molecule has 3 aromatic rings. The van der Waals surface area contributed by atoms with E-state index >= 15 is 0 Å². The van der Waals surface area contributed by atoms with Gasteiger partial charge in [-0.2, -0.15) is 5.10 Å². The maximum Gasteiger partial charge on any atom is 0.234 e. The molecule has 1 atom stereocenters. The molecule has 2 fully saturated rings. The van der Waals surface area contributed by atoms with E-state index in [9.17, 15) is 9.18 Å². The third kappa shape index (κ3) is 2.99. The molecule has 0 radical (unpaired) electrons. The summed E-state index contributed by atoms with van der Waals surface area (Å²) in [5.41, 5.74) is 2.21. The van der Waals surface area contributed by atoms with Gasteiger partial charge in [0.1, 0.15) is 5.82 Å². The van der Waals surface area contributed by atoms with Crippen LogP contribution in [0.1, 0.15) is 48.7 Å². The maximum atomic E-state index is 14.9. The summed E-state index contributed by atoms with van der Waals surface area (Å²) in [4.78, 5) is 20.4. The smallest absolute Gasteiger partial charge is 0.234 e. The van der Waals surface area contributed by atoms with Crippen molar-refractivity contribution in [3.8, 4) is 0 Å². The molecule has 6 nitrogen and oxygen atoms in total. The van der Waals surface area contributed by atoms with Crippen LogP contribution in [0.25, 0.3) is 5.65 Å². The first-order valence-corrected chi connectivity index (χ1v) is 10.6. The molecule has 2 aromatic heterocycles. The molecule has 2 aliphatic heterocycles. The van der Waals surface area contributed by atoms with Crippen molar-refractivity contribution in [2.45, 2.75) is 44.1 Å². The number of amides is 1. The lowest BCUT2D eigenvalue weighted by Crippen LogP contribution is -2.50. The van der Waals surface area contributed by atoms with Crippen LogP contribution in [0.3, 0.4) is 0 Å². The lowest BCUT2D eigenvalue weighted by Gasteiger charge is -2.41. The third-order valence-electron chi connectivity index (χ3n) is 6.51. The molecule has 0 aliphatic carbocycles. The average molecular weight is 408 g/mol. The van der Waals surface area contributed by atoms with Gasteiger partial charge in [-0.05, 0) is 44.7 Å². The quantitative estimate of drug-likeness (QED) is 0.665. The van der Waals surface area contributed by atoms with Crippen LogP contribution < -0.4 is 0 Å². The minimum atomic E-state index is -0.891. The Labute approximate surface area is 174 Å². The number of carbonyl (C=O) groups excluding carboxylic acids is 1. The highest BCUT2D eigenvalue weighted by Gasteiger charge is 2.48. The van der Waals surface area contributed by atoms with E-state index in [0.717, 1.165) is 29.9 Å². The molecule has 0 bridgehead atoms. The fourth-order valence-corrected chi connectivity index (χ4v) is 5.04. The van der Waals surface area contributed by atoms with E-state index in [1.54, 1.807) is 18.3 Å². The number of hydrogen-bond donors (Lipinski definition) is 0. The minimum absolute atomic E-state index is 0.00718. The van der Waals surface area contributed by atoms with Gasteiger partial charge in [-0.1, -0.05) is 18.2 Å². The van der Waals surface area contributed by atoms with Crippen LogP contribution in [0.2, 0.25) is 0 Å². The average Bonchev–Trinajstić information content (AvgIpc) is 3.39. The Morgan fingerprint density at radius 3 is 2.83 bits per heavy atom. The number of nitrogens with zero attached hydrogens (tertiary/aromatic N) is 4. The second-order valence-corrected chi connectivity index (χ2v) is 8.26. The van der Waals surface area contributed by atoms with Crippen molar-refractivity contribution in [3.05, 3.63) is 65.4 Å². The van der Waals surface area contributed by atoms with E-state index in [4.69, 9.17) is 4.74 Å². The van der Waals surface area contributed by atoms with Gasteiger partial charge in [0.2, 0.25) is 5.91 Å². The number of benzene rings is 1. The largest absolute Gasteiger partial charge is 0.381 e. The summed E-state index contributed by atoms with van der Waals surface area (Å²) in [6, 6.07) is 10.4. The Bertz CT molecular complexity index is 1090. The molecule has 2 saturated heterocycles. The van der Waals surface area contributed by atoms with Gasteiger partial charge < -0.3 is 9.64 Å². The van der Waals surface area contributed by atoms with Crippen molar-refractivity contribution in [1.82, 2.24) is 19.5 Å². The van der Waals surface area contributed by atoms with Crippen LogP contribution in [-0.4, -0.2) is 45.2 Å². The lowest BCUT2D eigenvalue weighted by molar-refractivity contribution is -0.142. The molecule has 1 aromatic carbocycles. The van der Waals surface area contributed by atoms with E-state index in [-0.39, 0.29) is 17.8 Å². The van der Waals surface area contributed by atoms with Gasteiger partial charge in [0.15, 0.2) is 5.65 Å². The fourth-order valence-electron chi connectivity index (χ4n) is 5.04. The molecule has 7 heteroatoms. The molecule has 30 heavy (non-hydrogen) atoms. The lowest BCUT2D eigenvalue weighted by atomic mass is 9.72. The SMILES string of the molecule is Cc1cc2nccc(C3CCCN3C(=O)C3(c4ccccc4F)CCOCC3)n2n1. The number of aryl methyl sites for hydroxylation is 1. The summed E-state index contributed by atoms with van der Waals surface area (Å²) in [5.74, 6) is -0.329. The standard InChI is InChI=1S/C23H25FN4O2/c1-16-15-21-25-11-8-20(28(21)26-16)19-7-4-12-27(19)22(29)23(9-13-30-14-10-23)17-5-2-3-6-18(17)24/h2-3,5-6,8,11,15,19H,4,7,9-10,12-14H2,1H3. The first-order valence-electron chi connectivity index (χ1n) is 10.6. The van der Waals surface area contributed by atoms with Crippen molar-refractivity contribution >= 4 is 11.6 Å². The van der Waals surface area contributed by atoms with Gasteiger partial charge in [-0.25, -0.2) is 13.9 Å². The molecule has 5 rings (SSSR count). The van der Waals surface area contributed by atoms with E-state index in [1.807, 2.05) is 34.5 Å². The zero-order valence-corrected chi connectivity index (χ0v) is 17.1. The maximum absolute atomic E-state index is 14.9. The van der Waals surface area contributed by atoms with Crippen molar-refractivity contribution in [2.24, 2.45) is 0 Å². The highest BCUT2D eigenvalue weighted by atomic mass is 19.1. The van der Waals surface area contributed by atoms with E-state index in [1.165, 1.54) is 6.07 Å². The first-order chi connectivity index (χ1) is 14.6. The fraction of sp³-hybridized carbons (Fsp3) is 0.435. The van der Waals surface area contributed by atoms with Crippen molar-refractivity contribution in [2.75, 3.05) is 19.8 Å². The molecule has 0 spiro atoms. The Kier molecular flexibility index (Phi) is 4.77. The molecular formula is C23H25FN4O2. The number of aromatic nitrogens is 3. The van der Waals surface area contributed by atoms with Crippen molar-refractivity contribution < 1.29 is 13.9 Å². The number of carbonyl (C=O) groups is 1. The van der Waals surface area contributed by atoms with Gasteiger partial charge in [0.25, 0.3) is 0 Å². The molecule has 2 aliphatic rings. The molecule has 1 amide bonds. The molecule has 0 N–H and O–H groups in total. The molecule has 0 saturated carbocycles. The predicted octanol–water partition coefficient (Wildman–Crippen LogP) is 3.59. The molecule has 4 heterocycles. The first kappa shape index (κ1) is 19.2. The summed E-state index contributed by atoms with van der Waals surface area (Å²) in [6.07, 6.45) is 4.51. The van der Waals surface area contributed by atoms with Gasteiger partial charge in [-0.3, -0.25) is 4.79 Å². The molecular weight excluding hydrogens is 383 g/mol. The van der Waals surface area contributed by atoms with E-state index in [0.29, 0.717) is 38.2 Å². The van der Waals surface area contributed by atoms with Crippen molar-refractivity contribution in [3.63, 3.8) is 0 Å². The summed E-state index contributed by atoms with van der Waals surface area (Å²) in [5, 5.41) is 4.59. The number of rotatable bonds is 3. The zero-order valence-electron chi connectivity index (χ0n) is 17.1. The Morgan fingerprint density at radius 2 is 2.03 bits per heavy atom. The van der Waals surface area contributed by atoms with Crippen LogP contribution >= 0.6 is 0 Å². The number of fused-ring (bicyclic) bond motifs is 1. The minimum Gasteiger partial charge on any atom is -0.381 e. The summed E-state index contributed by atoms with van der Waals surface area (Å²) in [6.45, 7) is 3.50. The summed E-state index contributed by atoms with van der Waals surface area (Å²) < 4.78 is 22.3. The van der Waals surface area contributed by atoms with Crippen LogP contribution in [-0.2, 0) is 14.9 Å². The highest BCUT2D eigenvalue weighted by molar-refractivity contribution is 5.89. The van der Waals surface area contributed by atoms with Gasteiger partial charge in [0.05, 0.1) is 22.8 Å². The van der Waals surface area contributed by atoms with Crippen molar-refractivity contribution in [1.29, 1.82) is 0 Å². The van der Waals surface area contributed by atoms with Crippen LogP contribution in [0.5, 0.6) is 0 Å². The number of hydrogen-bond acceptors (Lipinski definition) is 4. The number of likely N-dealkylation sites (tertiary alicyclic amines) is 1. The molecule has 156 valence electrons. The normalized spacial score (nSPS) is 21.3. The van der Waals surface area contributed by atoms with Gasteiger partial charge >= 0.3 is 0 Å². The Morgan fingerprint density at radius 1 is 1.23 bits per heavy atom. The number of ether oxygens (including phenoxy) is 1. The second kappa shape index (κ2) is 7.47. The summed E-state index contributed by atoms with van der Waals surface area (Å²) in [7, 11) is 0. The Hall–Kier alpha value is -2.80. The highest BCUT2D eigenvalue weighted by Crippen LogP contribution is 2.42.